The summed E-state index contributed by atoms with van der Waals surface area (Å²) < 4.78 is 10.1. The van der Waals surface area contributed by atoms with Crippen LogP contribution in [-0.4, -0.2) is 9.58 Å². The first-order chi connectivity index (χ1) is 5.38. The summed E-state index contributed by atoms with van der Waals surface area (Å²) in [7, 11) is 0. The molecule has 0 aliphatic heterocycles. The van der Waals surface area contributed by atoms with E-state index in [-0.39, 0.29) is 0 Å². The molecule has 0 bridgehead atoms. The van der Waals surface area contributed by atoms with Crippen LogP contribution in [0.5, 0.6) is 0 Å². The zero-order valence-corrected chi connectivity index (χ0v) is 6.47. The van der Waals surface area contributed by atoms with Crippen LogP contribution in [0.2, 0.25) is 0 Å². The molecule has 0 N–H and O–H groups in total. The number of hydrogen-bond donors (Lipinski definition) is 0. The lowest BCUT2D eigenvalue weighted by Crippen LogP contribution is -1.85. The number of nitrogens with zero attached hydrogens (tertiary/aromatic N) is 1. The molecule has 11 heavy (non-hydrogen) atoms. The van der Waals surface area contributed by atoms with Crippen LogP contribution in [0.1, 0.15) is 11.1 Å². The van der Waals surface area contributed by atoms with Gasteiger partial charge in [-0.25, -0.2) is 4.21 Å². The largest absolute Gasteiger partial charge is 0.212 e. The van der Waals surface area contributed by atoms with E-state index >= 15 is 0 Å². The van der Waals surface area contributed by atoms with Crippen LogP contribution in [-0.2, 0) is 11.3 Å². The van der Waals surface area contributed by atoms with Crippen molar-refractivity contribution in [3.05, 3.63) is 35.4 Å². The summed E-state index contributed by atoms with van der Waals surface area (Å²) in [6.45, 7) is 0. The van der Waals surface area contributed by atoms with Gasteiger partial charge in [0.15, 0.2) is 0 Å². The molecular formula is C8H5NOS. The Morgan fingerprint density at radius 3 is 2.82 bits per heavy atom. The van der Waals surface area contributed by atoms with Crippen molar-refractivity contribution in [1.29, 1.82) is 5.26 Å². The average molecular weight is 163 g/mol. The summed E-state index contributed by atoms with van der Waals surface area (Å²) in [4.78, 5) is 0. The smallest absolute Gasteiger partial charge is 0.0998 e. The van der Waals surface area contributed by atoms with Crippen molar-refractivity contribution in [3.63, 3.8) is 0 Å². The van der Waals surface area contributed by atoms with Crippen molar-refractivity contribution in [2.75, 3.05) is 0 Å². The minimum Gasteiger partial charge on any atom is -0.212 e. The summed E-state index contributed by atoms with van der Waals surface area (Å²) in [5, 5.41) is 9.98. The lowest BCUT2D eigenvalue weighted by atomic mass is 10.1. The molecular weight excluding hydrogens is 158 g/mol. The first kappa shape index (κ1) is 7.70. The molecule has 2 nitrogen and oxygen atoms in total. The van der Waals surface area contributed by atoms with Gasteiger partial charge in [0.2, 0.25) is 0 Å². The van der Waals surface area contributed by atoms with Gasteiger partial charge in [-0.05, 0) is 6.07 Å². The van der Waals surface area contributed by atoms with Crippen LogP contribution in [0.15, 0.2) is 24.3 Å². The number of hydrogen-bond acceptors (Lipinski definition) is 2. The maximum Gasteiger partial charge on any atom is 0.0998 e. The summed E-state index contributed by atoms with van der Waals surface area (Å²) in [6, 6.07) is 8.98. The zero-order chi connectivity index (χ0) is 8.10. The lowest BCUT2D eigenvalue weighted by Gasteiger charge is -1.91. The molecule has 0 spiro atoms. The van der Waals surface area contributed by atoms with E-state index in [1.807, 2.05) is 6.07 Å². The Kier molecular flexibility index (Phi) is 2.59. The number of benzene rings is 1. The van der Waals surface area contributed by atoms with Gasteiger partial charge in [0.05, 0.1) is 22.9 Å². The van der Waals surface area contributed by atoms with E-state index in [0.29, 0.717) is 22.4 Å². The predicted octanol–water partition coefficient (Wildman–Crippen LogP) is 0.922. The second-order valence-corrected chi connectivity index (χ2v) is 2.34. The minimum absolute atomic E-state index is 0.358. The molecule has 0 unspecified atom stereocenters. The fourth-order valence-electron chi connectivity index (χ4n) is 0.753. The average Bonchev–Trinajstić information content (AvgIpc) is 2.06. The van der Waals surface area contributed by atoms with Crippen molar-refractivity contribution in [3.8, 4) is 6.07 Å². The third-order valence-electron chi connectivity index (χ3n) is 1.26. The monoisotopic (exact) mass is 163 g/mol. The molecule has 0 aromatic heterocycles. The van der Waals surface area contributed by atoms with Crippen LogP contribution in [0.25, 0.3) is 0 Å². The highest BCUT2D eigenvalue weighted by Crippen LogP contribution is 2.02. The van der Waals surface area contributed by atoms with Crippen molar-refractivity contribution < 1.29 is 4.21 Å². The van der Waals surface area contributed by atoms with Crippen molar-refractivity contribution in [2.24, 2.45) is 0 Å². The van der Waals surface area contributed by atoms with E-state index in [4.69, 9.17) is 5.26 Å². The van der Waals surface area contributed by atoms with Gasteiger partial charge >= 0.3 is 0 Å². The van der Waals surface area contributed by atoms with Gasteiger partial charge in [-0.2, -0.15) is 5.26 Å². The van der Waals surface area contributed by atoms with Crippen LogP contribution < -0.4 is 0 Å². The Bertz CT molecular complexity index is 347. The van der Waals surface area contributed by atoms with E-state index in [1.54, 1.807) is 24.3 Å². The first-order valence-electron chi connectivity index (χ1n) is 2.99. The lowest BCUT2D eigenvalue weighted by molar-refractivity contribution is 0.701. The molecule has 0 aliphatic rings. The van der Waals surface area contributed by atoms with E-state index in [0.717, 1.165) is 0 Å². The van der Waals surface area contributed by atoms with Crippen molar-refractivity contribution in [1.82, 2.24) is 0 Å². The molecule has 0 atom stereocenters. The van der Waals surface area contributed by atoms with E-state index in [1.165, 1.54) is 5.37 Å². The second-order valence-electron chi connectivity index (χ2n) is 1.91. The van der Waals surface area contributed by atoms with Crippen molar-refractivity contribution >= 4 is 16.6 Å². The van der Waals surface area contributed by atoms with E-state index in [9.17, 15) is 4.21 Å². The van der Waals surface area contributed by atoms with Crippen LogP contribution in [0.3, 0.4) is 0 Å². The van der Waals surface area contributed by atoms with Gasteiger partial charge in [0.1, 0.15) is 0 Å². The maximum absolute atomic E-state index is 10.1. The van der Waals surface area contributed by atoms with Gasteiger partial charge < -0.3 is 0 Å². The third kappa shape index (κ3) is 1.76. The fraction of sp³-hybridized carbons (Fsp3) is 0. The number of rotatable bonds is 1. The van der Waals surface area contributed by atoms with Gasteiger partial charge in [0.25, 0.3) is 0 Å². The van der Waals surface area contributed by atoms with Gasteiger partial charge in [0, 0.05) is 10.9 Å². The maximum atomic E-state index is 10.1. The second kappa shape index (κ2) is 3.69. The van der Waals surface area contributed by atoms with Crippen LogP contribution >= 0.6 is 0 Å². The van der Waals surface area contributed by atoms with Gasteiger partial charge in [-0.3, -0.25) is 0 Å². The highest BCUT2D eigenvalue weighted by molar-refractivity contribution is 7.65. The molecule has 0 amide bonds. The Labute approximate surface area is 68.2 Å². The molecule has 0 fully saturated rings. The first-order valence-corrected chi connectivity index (χ1v) is 3.80. The van der Waals surface area contributed by atoms with E-state index in [2.05, 4.69) is 0 Å². The highest BCUT2D eigenvalue weighted by atomic mass is 32.1. The molecule has 1 aromatic rings. The Morgan fingerprint density at radius 1 is 1.45 bits per heavy atom. The predicted molar refractivity (Wildman–Crippen MR) is 44.5 cm³/mol. The topological polar surface area (TPSA) is 40.9 Å². The summed E-state index contributed by atoms with van der Waals surface area (Å²) >= 11 is 0.358. The molecule has 54 valence electrons. The molecule has 1 rings (SSSR count). The zero-order valence-electron chi connectivity index (χ0n) is 5.65. The molecule has 0 heterocycles. The third-order valence-corrected chi connectivity index (χ3v) is 1.61. The van der Waals surface area contributed by atoms with Gasteiger partial charge in [-0.1, -0.05) is 18.2 Å². The molecule has 0 saturated heterocycles. The quantitative estimate of drug-likeness (QED) is 0.578. The molecule has 1 aromatic carbocycles. The molecule has 0 radical (unpaired) electrons. The highest BCUT2D eigenvalue weighted by Gasteiger charge is 1.94. The van der Waals surface area contributed by atoms with Crippen LogP contribution in [0, 0.1) is 11.3 Å². The normalized spacial score (nSPS) is 8.27. The minimum atomic E-state index is 0.358. The van der Waals surface area contributed by atoms with Gasteiger partial charge in [-0.15, -0.1) is 0 Å². The fourth-order valence-corrected chi connectivity index (χ4v) is 1.06. The summed E-state index contributed by atoms with van der Waals surface area (Å²) in [5.41, 5.74) is 1.23. The van der Waals surface area contributed by atoms with Crippen molar-refractivity contribution in [2.45, 2.75) is 0 Å². The summed E-state index contributed by atoms with van der Waals surface area (Å²) in [5.74, 6) is 0. The SMILES string of the molecule is N#Cc1ccccc1C=S=O. The Balaban J connectivity index is 3.25. The molecule has 3 heteroatoms. The van der Waals surface area contributed by atoms with E-state index < -0.39 is 0 Å². The molecule has 0 saturated carbocycles. The summed E-state index contributed by atoms with van der Waals surface area (Å²) in [6.07, 6.45) is 0. The Hall–Kier alpha value is -1.40. The standard InChI is InChI=1S/C8H5NOS/c9-5-7-3-1-2-4-8(7)6-11-10/h1-4,6H. The van der Waals surface area contributed by atoms with Crippen LogP contribution in [0.4, 0.5) is 0 Å². The number of nitriles is 1. The molecule has 0 aliphatic carbocycles. The Morgan fingerprint density at radius 2 is 2.18 bits per heavy atom.